The van der Waals surface area contributed by atoms with Gasteiger partial charge < -0.3 is 9.68 Å². The van der Waals surface area contributed by atoms with Crippen molar-refractivity contribution in [2.45, 2.75) is 50.7 Å². The Morgan fingerprint density at radius 3 is 2.39 bits per heavy atom. The molecule has 0 spiro atoms. The smallest absolute Gasteiger partial charge is 0.250 e. The Labute approximate surface area is 182 Å². The number of allylic oxidation sites excluding steroid dienone is 2. The SMILES string of the molecule is C#CC(ON=O)(c1ccccc1)c1cccc(CC(C)(ON=O)[C@H]2CC=C(C)CC2)c1. The van der Waals surface area contributed by atoms with Crippen molar-refractivity contribution in [3.05, 3.63) is 92.8 Å². The van der Waals surface area contributed by atoms with Crippen LogP contribution in [0.1, 0.15) is 49.8 Å². The fraction of sp³-hybridized carbons (Fsp3) is 0.360. The van der Waals surface area contributed by atoms with Gasteiger partial charge in [-0.3, -0.25) is 0 Å². The molecule has 31 heavy (non-hydrogen) atoms. The largest absolute Gasteiger partial charge is 0.357 e. The number of nitrogens with zero attached hydrogens (tertiary/aromatic N) is 2. The number of rotatable bonds is 9. The van der Waals surface area contributed by atoms with E-state index in [4.69, 9.17) is 16.1 Å². The quantitative estimate of drug-likeness (QED) is 0.216. The molecule has 0 saturated heterocycles. The van der Waals surface area contributed by atoms with E-state index < -0.39 is 11.2 Å². The molecule has 0 N–H and O–H groups in total. The van der Waals surface area contributed by atoms with Crippen LogP contribution in [0.4, 0.5) is 0 Å². The lowest BCUT2D eigenvalue weighted by atomic mass is 9.75. The van der Waals surface area contributed by atoms with Crippen molar-refractivity contribution < 1.29 is 9.68 Å². The molecule has 0 saturated carbocycles. The highest BCUT2D eigenvalue weighted by molar-refractivity contribution is 5.45. The minimum absolute atomic E-state index is 0.150. The van der Waals surface area contributed by atoms with Gasteiger partial charge in [0.25, 0.3) is 5.60 Å². The van der Waals surface area contributed by atoms with Crippen LogP contribution >= 0.6 is 0 Å². The molecule has 1 aliphatic rings. The highest BCUT2D eigenvalue weighted by Gasteiger charge is 2.40. The summed E-state index contributed by atoms with van der Waals surface area (Å²) in [5, 5.41) is 5.44. The molecule has 160 valence electrons. The van der Waals surface area contributed by atoms with Gasteiger partial charge in [0.1, 0.15) is 5.60 Å². The van der Waals surface area contributed by atoms with E-state index in [1.54, 1.807) is 18.2 Å². The normalized spacial score (nSPS) is 19.6. The second kappa shape index (κ2) is 9.57. The van der Waals surface area contributed by atoms with E-state index in [-0.39, 0.29) is 5.92 Å². The van der Waals surface area contributed by atoms with E-state index in [1.165, 1.54) is 5.57 Å². The third-order valence-corrected chi connectivity index (χ3v) is 6.19. The van der Waals surface area contributed by atoms with Gasteiger partial charge in [0.15, 0.2) is 10.7 Å². The zero-order chi connectivity index (χ0) is 22.3. The van der Waals surface area contributed by atoms with Crippen molar-refractivity contribution in [1.82, 2.24) is 0 Å². The molecule has 0 aromatic heterocycles. The molecule has 0 bridgehead atoms. The van der Waals surface area contributed by atoms with Crippen LogP contribution in [-0.4, -0.2) is 5.60 Å². The molecule has 0 amide bonds. The molecule has 0 aliphatic heterocycles. The summed E-state index contributed by atoms with van der Waals surface area (Å²) in [6.07, 6.45) is 11.2. The summed E-state index contributed by atoms with van der Waals surface area (Å²) in [7, 11) is 0. The van der Waals surface area contributed by atoms with E-state index in [2.05, 4.69) is 29.6 Å². The van der Waals surface area contributed by atoms with E-state index in [0.29, 0.717) is 17.5 Å². The maximum atomic E-state index is 11.1. The van der Waals surface area contributed by atoms with Gasteiger partial charge in [0, 0.05) is 23.5 Å². The maximum Gasteiger partial charge on any atom is 0.250 e. The standard InChI is InChI=1S/C25H26N2O4/c1-4-25(31-27-29,22-10-6-5-7-11-22)23-12-8-9-20(17-23)18-24(3,30-26-28)21-15-13-19(2)14-16-21/h1,5-13,17,21H,14-16,18H2,2-3H3/t21-,24?,25?/m0/s1. The maximum absolute atomic E-state index is 11.1. The molecular formula is C25H26N2O4. The molecule has 0 heterocycles. The molecule has 2 aromatic carbocycles. The first-order valence-electron chi connectivity index (χ1n) is 10.3. The topological polar surface area (TPSA) is 77.3 Å². The highest BCUT2D eigenvalue weighted by Crippen LogP contribution is 2.38. The van der Waals surface area contributed by atoms with E-state index in [0.717, 1.165) is 24.8 Å². The number of hydrogen-bond acceptors (Lipinski definition) is 6. The van der Waals surface area contributed by atoms with Crippen molar-refractivity contribution in [3.63, 3.8) is 0 Å². The lowest BCUT2D eigenvalue weighted by Crippen LogP contribution is -2.39. The summed E-state index contributed by atoms with van der Waals surface area (Å²) in [5.41, 5.74) is 1.23. The third kappa shape index (κ3) is 4.66. The van der Waals surface area contributed by atoms with Gasteiger partial charge >= 0.3 is 0 Å². The zero-order valence-electron chi connectivity index (χ0n) is 17.8. The minimum atomic E-state index is -1.45. The molecule has 2 unspecified atom stereocenters. The summed E-state index contributed by atoms with van der Waals surface area (Å²) in [6, 6.07) is 16.5. The Balaban J connectivity index is 1.98. The van der Waals surface area contributed by atoms with Gasteiger partial charge in [0.05, 0.1) is 0 Å². The molecule has 1 aliphatic carbocycles. The summed E-state index contributed by atoms with van der Waals surface area (Å²) < 4.78 is 0. The lowest BCUT2D eigenvalue weighted by Gasteiger charge is -2.36. The van der Waals surface area contributed by atoms with Crippen LogP contribution in [0, 0.1) is 28.1 Å². The first kappa shape index (κ1) is 22.2. The van der Waals surface area contributed by atoms with Crippen LogP contribution in [0.3, 0.4) is 0 Å². The first-order chi connectivity index (χ1) is 15.0. The molecule has 6 heteroatoms. The van der Waals surface area contributed by atoms with Crippen molar-refractivity contribution in [1.29, 1.82) is 0 Å². The van der Waals surface area contributed by atoms with Gasteiger partial charge in [-0.15, -0.1) is 16.2 Å². The van der Waals surface area contributed by atoms with Gasteiger partial charge in [-0.2, -0.15) is 0 Å². The van der Waals surface area contributed by atoms with Gasteiger partial charge in [-0.25, -0.2) is 0 Å². The molecule has 6 nitrogen and oxygen atoms in total. The fourth-order valence-electron chi connectivity index (χ4n) is 4.36. The predicted octanol–water partition coefficient (Wildman–Crippen LogP) is 6.01. The molecule has 0 fully saturated rings. The minimum Gasteiger partial charge on any atom is -0.357 e. The molecule has 0 radical (unpaired) electrons. The fourth-order valence-corrected chi connectivity index (χ4v) is 4.36. The average Bonchev–Trinajstić information content (AvgIpc) is 2.79. The van der Waals surface area contributed by atoms with Crippen LogP contribution < -0.4 is 0 Å². The Morgan fingerprint density at radius 1 is 1.06 bits per heavy atom. The third-order valence-electron chi connectivity index (χ3n) is 6.19. The zero-order valence-corrected chi connectivity index (χ0v) is 17.8. The van der Waals surface area contributed by atoms with E-state index in [1.807, 2.05) is 43.3 Å². The van der Waals surface area contributed by atoms with E-state index in [9.17, 15) is 9.81 Å². The number of hydrogen-bond donors (Lipinski definition) is 0. The summed E-state index contributed by atoms with van der Waals surface area (Å²) >= 11 is 0. The van der Waals surface area contributed by atoms with Gasteiger partial charge in [-0.1, -0.05) is 66.2 Å². The highest BCUT2D eigenvalue weighted by atomic mass is 16.7. The number of terminal acetylenes is 1. The van der Waals surface area contributed by atoms with Crippen LogP contribution in [0.5, 0.6) is 0 Å². The first-order valence-corrected chi connectivity index (χ1v) is 10.3. The summed E-state index contributed by atoms with van der Waals surface area (Å²) in [4.78, 5) is 32.8. The Bertz CT molecular complexity index is 998. The predicted molar refractivity (Wildman–Crippen MR) is 119 cm³/mol. The number of benzene rings is 2. The second-order valence-electron chi connectivity index (χ2n) is 8.23. The van der Waals surface area contributed by atoms with Crippen molar-refractivity contribution >= 4 is 0 Å². The van der Waals surface area contributed by atoms with Crippen LogP contribution in [0.25, 0.3) is 0 Å². The lowest BCUT2D eigenvalue weighted by molar-refractivity contribution is -0.0774. The average molecular weight is 418 g/mol. The van der Waals surface area contributed by atoms with Crippen LogP contribution in [0.15, 0.2) is 76.9 Å². The second-order valence-corrected chi connectivity index (χ2v) is 8.23. The molecule has 2 aromatic rings. The monoisotopic (exact) mass is 418 g/mol. The molecular weight excluding hydrogens is 392 g/mol. The van der Waals surface area contributed by atoms with Crippen molar-refractivity contribution in [3.8, 4) is 12.3 Å². The van der Waals surface area contributed by atoms with Gasteiger partial charge in [0.2, 0.25) is 0 Å². The van der Waals surface area contributed by atoms with E-state index >= 15 is 0 Å². The van der Waals surface area contributed by atoms with Crippen LogP contribution in [0.2, 0.25) is 0 Å². The summed E-state index contributed by atoms with van der Waals surface area (Å²) in [5.74, 6) is 2.76. The Hall–Kier alpha value is -3.46. The Kier molecular flexibility index (Phi) is 6.86. The van der Waals surface area contributed by atoms with Crippen molar-refractivity contribution in [2.24, 2.45) is 16.6 Å². The van der Waals surface area contributed by atoms with Crippen LogP contribution in [-0.2, 0) is 21.7 Å². The van der Waals surface area contributed by atoms with Gasteiger partial charge in [-0.05, 0) is 44.6 Å². The van der Waals surface area contributed by atoms with Crippen molar-refractivity contribution in [2.75, 3.05) is 0 Å². The molecule has 3 rings (SSSR count). The summed E-state index contributed by atoms with van der Waals surface area (Å²) in [6.45, 7) is 4.02. The Morgan fingerprint density at radius 2 is 1.77 bits per heavy atom. The molecule has 3 atom stereocenters.